The fourth-order valence-electron chi connectivity index (χ4n) is 3.34. The van der Waals surface area contributed by atoms with E-state index >= 15 is 0 Å². The molecule has 0 bridgehead atoms. The normalized spacial score (nSPS) is 20.5. The Kier molecular flexibility index (Phi) is 5.11. The molecule has 2 aliphatic heterocycles. The van der Waals surface area contributed by atoms with E-state index in [4.69, 9.17) is 9.47 Å². The van der Waals surface area contributed by atoms with E-state index in [0.29, 0.717) is 23.8 Å². The van der Waals surface area contributed by atoms with Gasteiger partial charge < -0.3 is 19.7 Å². The molecule has 4 rings (SSSR count). The van der Waals surface area contributed by atoms with Gasteiger partial charge in [0.05, 0.1) is 12.6 Å². The molecule has 2 amide bonds. The van der Waals surface area contributed by atoms with Gasteiger partial charge in [-0.2, -0.15) is 0 Å². The number of likely N-dealkylation sites (N-methyl/N-ethyl adjacent to an activating group) is 1. The third kappa shape index (κ3) is 3.83. The van der Waals surface area contributed by atoms with Crippen molar-refractivity contribution in [3.8, 4) is 11.5 Å². The van der Waals surface area contributed by atoms with Gasteiger partial charge in [0.2, 0.25) is 0 Å². The van der Waals surface area contributed by atoms with E-state index in [9.17, 15) is 9.18 Å². The van der Waals surface area contributed by atoms with Gasteiger partial charge in [-0.15, -0.1) is 11.8 Å². The van der Waals surface area contributed by atoms with Crippen molar-refractivity contribution in [1.29, 1.82) is 0 Å². The van der Waals surface area contributed by atoms with Crippen molar-refractivity contribution in [2.45, 2.75) is 23.5 Å². The van der Waals surface area contributed by atoms with Crippen LogP contribution in [-0.4, -0.2) is 43.0 Å². The standard InChI is InChI=1S/C20H21FN2O3S/c1-23(11-13-12-25-17-7-2-3-8-18(17)26-13)20(24)22-16-9-10-27-19-14(16)5-4-6-15(19)21/h2-8,13,16H,9-12H2,1H3,(H,22,24)/t13-,16+/m0/s1. The van der Waals surface area contributed by atoms with Crippen LogP contribution in [0.5, 0.6) is 11.5 Å². The van der Waals surface area contributed by atoms with Gasteiger partial charge in [0, 0.05) is 17.7 Å². The molecule has 0 saturated heterocycles. The van der Waals surface area contributed by atoms with E-state index in [-0.39, 0.29) is 24.0 Å². The number of para-hydroxylation sites is 2. The zero-order valence-corrected chi connectivity index (χ0v) is 15.8. The number of carbonyl (C=O) groups is 1. The van der Waals surface area contributed by atoms with Crippen molar-refractivity contribution < 1.29 is 18.7 Å². The summed E-state index contributed by atoms with van der Waals surface area (Å²) in [5, 5.41) is 3.02. The first-order valence-corrected chi connectivity index (χ1v) is 9.91. The Morgan fingerprint density at radius 2 is 2.07 bits per heavy atom. The number of nitrogens with zero attached hydrogens (tertiary/aromatic N) is 1. The largest absolute Gasteiger partial charge is 0.486 e. The number of benzene rings is 2. The molecule has 2 aromatic rings. The zero-order valence-electron chi connectivity index (χ0n) is 15.0. The van der Waals surface area contributed by atoms with E-state index in [1.54, 1.807) is 18.0 Å². The molecule has 0 aliphatic carbocycles. The van der Waals surface area contributed by atoms with Crippen LogP contribution >= 0.6 is 11.8 Å². The second kappa shape index (κ2) is 7.68. The van der Waals surface area contributed by atoms with Gasteiger partial charge in [-0.1, -0.05) is 24.3 Å². The lowest BCUT2D eigenvalue weighted by Crippen LogP contribution is -2.46. The van der Waals surface area contributed by atoms with Crippen LogP contribution in [0, 0.1) is 5.82 Å². The van der Waals surface area contributed by atoms with Gasteiger partial charge in [-0.05, 0) is 30.2 Å². The van der Waals surface area contributed by atoms with Crippen molar-refractivity contribution in [2.24, 2.45) is 0 Å². The molecule has 7 heteroatoms. The molecule has 2 aromatic carbocycles. The summed E-state index contributed by atoms with van der Waals surface area (Å²) < 4.78 is 25.6. The number of hydrogen-bond acceptors (Lipinski definition) is 4. The summed E-state index contributed by atoms with van der Waals surface area (Å²) in [5.74, 6) is 1.96. The summed E-state index contributed by atoms with van der Waals surface area (Å²) in [4.78, 5) is 14.9. The van der Waals surface area contributed by atoms with Crippen molar-refractivity contribution in [1.82, 2.24) is 10.2 Å². The van der Waals surface area contributed by atoms with Gasteiger partial charge in [-0.25, -0.2) is 9.18 Å². The van der Waals surface area contributed by atoms with E-state index in [1.807, 2.05) is 30.3 Å². The maximum absolute atomic E-state index is 14.0. The molecule has 0 spiro atoms. The number of nitrogens with one attached hydrogen (secondary N) is 1. The molecule has 5 nitrogen and oxygen atoms in total. The lowest BCUT2D eigenvalue weighted by Gasteiger charge is -2.31. The molecular formula is C20H21FN2O3S. The van der Waals surface area contributed by atoms with Gasteiger partial charge in [0.1, 0.15) is 12.4 Å². The third-order valence-electron chi connectivity index (χ3n) is 4.72. The summed E-state index contributed by atoms with van der Waals surface area (Å²) in [7, 11) is 1.73. The first-order chi connectivity index (χ1) is 13.1. The predicted molar refractivity (Wildman–Crippen MR) is 102 cm³/mol. The highest BCUT2D eigenvalue weighted by Gasteiger charge is 2.27. The van der Waals surface area contributed by atoms with Gasteiger partial charge >= 0.3 is 6.03 Å². The smallest absolute Gasteiger partial charge is 0.317 e. The number of rotatable bonds is 3. The maximum atomic E-state index is 14.0. The number of fused-ring (bicyclic) bond motifs is 2. The molecule has 2 aliphatic rings. The van der Waals surface area contributed by atoms with Gasteiger partial charge in [-0.3, -0.25) is 0 Å². The minimum Gasteiger partial charge on any atom is -0.486 e. The summed E-state index contributed by atoms with van der Waals surface area (Å²) in [5.41, 5.74) is 0.846. The van der Waals surface area contributed by atoms with Gasteiger partial charge in [0.15, 0.2) is 17.6 Å². The number of halogens is 1. The molecule has 0 radical (unpaired) electrons. The second-order valence-corrected chi connectivity index (χ2v) is 7.78. The summed E-state index contributed by atoms with van der Waals surface area (Å²) in [6.45, 7) is 0.792. The third-order valence-corrected chi connectivity index (χ3v) is 5.87. The number of thioether (sulfide) groups is 1. The van der Waals surface area contributed by atoms with Crippen molar-refractivity contribution >= 4 is 17.8 Å². The highest BCUT2D eigenvalue weighted by atomic mass is 32.2. The van der Waals surface area contributed by atoms with Crippen LogP contribution in [-0.2, 0) is 0 Å². The molecule has 0 aromatic heterocycles. The molecule has 142 valence electrons. The highest BCUT2D eigenvalue weighted by Crippen LogP contribution is 2.37. The van der Waals surface area contributed by atoms with E-state index in [2.05, 4.69) is 5.32 Å². The van der Waals surface area contributed by atoms with Crippen LogP contribution in [0.1, 0.15) is 18.0 Å². The topological polar surface area (TPSA) is 50.8 Å². The monoisotopic (exact) mass is 388 g/mol. The highest BCUT2D eigenvalue weighted by molar-refractivity contribution is 7.99. The van der Waals surface area contributed by atoms with Crippen LogP contribution in [0.4, 0.5) is 9.18 Å². The fraction of sp³-hybridized carbons (Fsp3) is 0.350. The molecule has 2 atom stereocenters. The Morgan fingerprint density at radius 1 is 1.26 bits per heavy atom. The van der Waals surface area contributed by atoms with Crippen LogP contribution in [0.2, 0.25) is 0 Å². The van der Waals surface area contributed by atoms with Crippen molar-refractivity contribution in [2.75, 3.05) is 26.0 Å². The first-order valence-electron chi connectivity index (χ1n) is 8.93. The average Bonchev–Trinajstić information content (AvgIpc) is 2.68. The zero-order chi connectivity index (χ0) is 18.8. The van der Waals surface area contributed by atoms with Gasteiger partial charge in [0.25, 0.3) is 0 Å². The van der Waals surface area contributed by atoms with Crippen LogP contribution in [0.25, 0.3) is 0 Å². The lowest BCUT2D eigenvalue weighted by molar-refractivity contribution is 0.0712. The lowest BCUT2D eigenvalue weighted by atomic mass is 10.0. The van der Waals surface area contributed by atoms with Crippen molar-refractivity contribution in [3.05, 3.63) is 53.8 Å². The molecule has 2 heterocycles. The molecule has 0 fully saturated rings. The Labute approximate surface area is 161 Å². The molecular weight excluding hydrogens is 367 g/mol. The van der Waals surface area contributed by atoms with Crippen molar-refractivity contribution in [3.63, 3.8) is 0 Å². The number of urea groups is 1. The number of ether oxygens (including phenoxy) is 2. The Morgan fingerprint density at radius 3 is 2.93 bits per heavy atom. The van der Waals surface area contributed by atoms with Crippen LogP contribution in [0.15, 0.2) is 47.4 Å². The van der Waals surface area contributed by atoms with E-state index < -0.39 is 0 Å². The number of carbonyl (C=O) groups excluding carboxylic acids is 1. The van der Waals surface area contributed by atoms with Crippen LogP contribution < -0.4 is 14.8 Å². The SMILES string of the molecule is CN(C[C@H]1COc2ccccc2O1)C(=O)N[C@@H]1CCSc2c(F)cccc21. The minimum absolute atomic E-state index is 0.184. The molecule has 0 saturated carbocycles. The average molecular weight is 388 g/mol. The van der Waals surface area contributed by atoms with E-state index in [1.165, 1.54) is 17.8 Å². The Hall–Kier alpha value is -2.41. The quantitative estimate of drug-likeness (QED) is 0.868. The van der Waals surface area contributed by atoms with Crippen LogP contribution in [0.3, 0.4) is 0 Å². The number of hydrogen-bond donors (Lipinski definition) is 1. The Balaban J connectivity index is 1.38. The molecule has 27 heavy (non-hydrogen) atoms. The second-order valence-electron chi connectivity index (χ2n) is 6.68. The predicted octanol–water partition coefficient (Wildman–Crippen LogP) is 3.84. The summed E-state index contributed by atoms with van der Waals surface area (Å²) >= 11 is 1.50. The minimum atomic E-state index is -0.234. The summed E-state index contributed by atoms with van der Waals surface area (Å²) in [6, 6.07) is 12.1. The number of amides is 2. The fourth-order valence-corrected chi connectivity index (χ4v) is 4.48. The Bertz CT molecular complexity index is 848. The van der Waals surface area contributed by atoms with E-state index in [0.717, 1.165) is 23.5 Å². The molecule has 0 unspecified atom stereocenters. The molecule has 1 N–H and O–H groups in total. The summed E-state index contributed by atoms with van der Waals surface area (Å²) in [6.07, 6.45) is 0.541. The maximum Gasteiger partial charge on any atom is 0.317 e. The first kappa shape index (κ1) is 18.0.